The first-order valence-electron chi connectivity index (χ1n) is 5.63. The van der Waals surface area contributed by atoms with Crippen LogP contribution in [0.2, 0.25) is 0 Å². The van der Waals surface area contributed by atoms with E-state index in [0.29, 0.717) is 6.04 Å². The first-order valence-corrected chi connectivity index (χ1v) is 6.71. The van der Waals surface area contributed by atoms with Crippen LogP contribution in [-0.4, -0.2) is 29.6 Å². The van der Waals surface area contributed by atoms with Gasteiger partial charge in [0.1, 0.15) is 0 Å². The molecule has 0 N–H and O–H groups in total. The number of aromatic nitrogens is 1. The topological polar surface area (TPSA) is 25.4 Å². The summed E-state index contributed by atoms with van der Waals surface area (Å²) in [6.45, 7) is 4.44. The third-order valence-corrected chi connectivity index (χ3v) is 4.21. The fraction of sp³-hybridized carbons (Fsp3) is 0.583. The molecule has 0 radical (unpaired) electrons. The summed E-state index contributed by atoms with van der Waals surface area (Å²) in [7, 11) is 1.69. The van der Waals surface area contributed by atoms with Crippen molar-refractivity contribution in [1.82, 2.24) is 9.88 Å². The quantitative estimate of drug-likeness (QED) is 0.796. The molecular weight excluding hydrogens is 315 g/mol. The van der Waals surface area contributed by atoms with Crippen LogP contribution in [0.25, 0.3) is 0 Å². The number of halogens is 1. The average Bonchev–Trinajstić information content (AvgIpc) is 2.67. The van der Waals surface area contributed by atoms with E-state index in [2.05, 4.69) is 39.4 Å². The summed E-state index contributed by atoms with van der Waals surface area (Å²) in [5, 5.41) is 0. The summed E-state index contributed by atoms with van der Waals surface area (Å²) in [6, 6.07) is 2.72. The molecule has 1 aliphatic rings. The van der Waals surface area contributed by atoms with Gasteiger partial charge in [0.2, 0.25) is 5.88 Å². The van der Waals surface area contributed by atoms with Gasteiger partial charge in [-0.3, -0.25) is 4.90 Å². The second-order valence-corrected chi connectivity index (χ2v) is 5.40. The number of hydrogen-bond acceptors (Lipinski definition) is 3. The van der Waals surface area contributed by atoms with Crippen molar-refractivity contribution in [2.24, 2.45) is 0 Å². The fourth-order valence-corrected chi connectivity index (χ4v) is 2.76. The van der Waals surface area contributed by atoms with Gasteiger partial charge >= 0.3 is 0 Å². The van der Waals surface area contributed by atoms with Gasteiger partial charge < -0.3 is 4.74 Å². The van der Waals surface area contributed by atoms with Gasteiger partial charge in [0, 0.05) is 27.9 Å². The van der Waals surface area contributed by atoms with E-state index in [0.717, 1.165) is 12.4 Å². The van der Waals surface area contributed by atoms with Gasteiger partial charge in [-0.1, -0.05) is 0 Å². The predicted molar refractivity (Wildman–Crippen MR) is 72.6 cm³/mol. The number of methoxy groups -OCH3 is 1. The number of rotatable bonds is 3. The lowest BCUT2D eigenvalue weighted by atomic mass is 10.2. The Labute approximate surface area is 110 Å². The summed E-state index contributed by atoms with van der Waals surface area (Å²) in [6.07, 6.45) is 4.41. The zero-order valence-electron chi connectivity index (χ0n) is 9.74. The van der Waals surface area contributed by atoms with Crippen molar-refractivity contribution in [1.29, 1.82) is 0 Å². The van der Waals surface area contributed by atoms with Crippen LogP contribution in [0.15, 0.2) is 12.3 Å². The smallest absolute Gasteiger partial charge is 0.218 e. The molecule has 1 aromatic heterocycles. The summed E-state index contributed by atoms with van der Waals surface area (Å²) < 4.78 is 6.57. The molecule has 4 heteroatoms. The Morgan fingerprint density at radius 1 is 1.62 bits per heavy atom. The van der Waals surface area contributed by atoms with Gasteiger partial charge in [-0.15, -0.1) is 0 Å². The van der Waals surface area contributed by atoms with E-state index in [1.165, 1.54) is 28.5 Å². The van der Waals surface area contributed by atoms with Gasteiger partial charge in [-0.25, -0.2) is 4.98 Å². The second-order valence-electron chi connectivity index (χ2n) is 4.24. The minimum atomic E-state index is 0.681. The van der Waals surface area contributed by atoms with Crippen molar-refractivity contribution in [3.8, 4) is 5.88 Å². The Hall–Kier alpha value is -0.360. The third kappa shape index (κ3) is 2.48. The molecule has 1 fully saturated rings. The molecule has 0 bridgehead atoms. The van der Waals surface area contributed by atoms with E-state index < -0.39 is 0 Å². The normalized spacial score (nSPS) is 21.3. The van der Waals surface area contributed by atoms with Crippen LogP contribution in [0.5, 0.6) is 5.88 Å². The lowest BCUT2D eigenvalue weighted by Gasteiger charge is -2.22. The van der Waals surface area contributed by atoms with Crippen molar-refractivity contribution >= 4 is 22.6 Å². The van der Waals surface area contributed by atoms with Gasteiger partial charge in [0.05, 0.1) is 7.11 Å². The minimum absolute atomic E-state index is 0.681. The zero-order chi connectivity index (χ0) is 11.5. The van der Waals surface area contributed by atoms with E-state index in [9.17, 15) is 0 Å². The van der Waals surface area contributed by atoms with Crippen LogP contribution < -0.4 is 4.74 Å². The zero-order valence-corrected chi connectivity index (χ0v) is 11.9. The lowest BCUT2D eigenvalue weighted by molar-refractivity contribution is 0.254. The third-order valence-electron chi connectivity index (χ3n) is 3.20. The SMILES string of the molecule is COc1nccc(I)c1CN1CCCC1C. The molecule has 16 heavy (non-hydrogen) atoms. The van der Waals surface area contributed by atoms with Crippen LogP contribution in [0, 0.1) is 3.57 Å². The molecule has 1 unspecified atom stereocenters. The molecule has 3 nitrogen and oxygen atoms in total. The molecule has 88 valence electrons. The molecule has 1 saturated heterocycles. The molecular formula is C12H17IN2O. The maximum absolute atomic E-state index is 5.33. The van der Waals surface area contributed by atoms with Crippen molar-refractivity contribution < 1.29 is 4.74 Å². The summed E-state index contributed by atoms with van der Waals surface area (Å²) in [5.74, 6) is 0.769. The maximum atomic E-state index is 5.33. The van der Waals surface area contributed by atoms with Gasteiger partial charge in [-0.05, 0) is 55.0 Å². The van der Waals surface area contributed by atoms with E-state index in [1.54, 1.807) is 13.3 Å². The molecule has 0 aromatic carbocycles. The molecule has 2 heterocycles. The highest BCUT2D eigenvalue weighted by atomic mass is 127. The summed E-state index contributed by atoms with van der Waals surface area (Å²) in [5.41, 5.74) is 1.22. The number of nitrogens with zero attached hydrogens (tertiary/aromatic N) is 2. The highest BCUT2D eigenvalue weighted by Crippen LogP contribution is 2.26. The second kappa shape index (κ2) is 5.31. The highest BCUT2D eigenvalue weighted by molar-refractivity contribution is 14.1. The van der Waals surface area contributed by atoms with Crippen LogP contribution in [-0.2, 0) is 6.54 Å². The van der Waals surface area contributed by atoms with Gasteiger partial charge in [-0.2, -0.15) is 0 Å². The number of pyridine rings is 1. The van der Waals surface area contributed by atoms with Gasteiger partial charge in [0.15, 0.2) is 0 Å². The summed E-state index contributed by atoms with van der Waals surface area (Å²) in [4.78, 5) is 6.77. The molecule has 0 aliphatic carbocycles. The van der Waals surface area contributed by atoms with E-state index in [4.69, 9.17) is 4.74 Å². The minimum Gasteiger partial charge on any atom is -0.481 e. The molecule has 0 saturated carbocycles. The lowest BCUT2D eigenvalue weighted by Crippen LogP contribution is -2.26. The Morgan fingerprint density at radius 3 is 3.06 bits per heavy atom. The molecule has 1 atom stereocenters. The number of hydrogen-bond donors (Lipinski definition) is 0. The van der Waals surface area contributed by atoms with E-state index >= 15 is 0 Å². The van der Waals surface area contributed by atoms with Crippen molar-refractivity contribution in [3.05, 3.63) is 21.4 Å². The maximum Gasteiger partial charge on any atom is 0.218 e. The predicted octanol–water partition coefficient (Wildman–Crippen LogP) is 2.68. The number of likely N-dealkylation sites (tertiary alicyclic amines) is 1. The summed E-state index contributed by atoms with van der Waals surface area (Å²) >= 11 is 2.36. The van der Waals surface area contributed by atoms with Crippen LogP contribution in [0.1, 0.15) is 25.3 Å². The Kier molecular flexibility index (Phi) is 4.02. The van der Waals surface area contributed by atoms with Gasteiger partial charge in [0.25, 0.3) is 0 Å². The largest absolute Gasteiger partial charge is 0.481 e. The average molecular weight is 332 g/mol. The van der Waals surface area contributed by atoms with Crippen LogP contribution in [0.4, 0.5) is 0 Å². The van der Waals surface area contributed by atoms with Crippen LogP contribution in [0.3, 0.4) is 0 Å². The highest BCUT2D eigenvalue weighted by Gasteiger charge is 2.22. The number of ether oxygens (including phenoxy) is 1. The first-order chi connectivity index (χ1) is 7.72. The van der Waals surface area contributed by atoms with Crippen molar-refractivity contribution in [2.75, 3.05) is 13.7 Å². The van der Waals surface area contributed by atoms with Crippen molar-refractivity contribution in [3.63, 3.8) is 0 Å². The Morgan fingerprint density at radius 2 is 2.44 bits per heavy atom. The monoisotopic (exact) mass is 332 g/mol. The van der Waals surface area contributed by atoms with E-state index in [-0.39, 0.29) is 0 Å². The molecule has 0 amide bonds. The van der Waals surface area contributed by atoms with Crippen LogP contribution >= 0.6 is 22.6 Å². The Balaban J connectivity index is 2.19. The van der Waals surface area contributed by atoms with Crippen molar-refractivity contribution in [2.45, 2.75) is 32.4 Å². The Bertz CT molecular complexity index is 370. The molecule has 0 spiro atoms. The standard InChI is InChI=1S/C12H17IN2O/c1-9-4-3-7-15(9)8-10-11(13)5-6-14-12(10)16-2/h5-6,9H,3-4,7-8H2,1-2H3. The molecule has 1 aliphatic heterocycles. The fourth-order valence-electron chi connectivity index (χ4n) is 2.20. The first kappa shape index (κ1) is 12.1. The van der Waals surface area contributed by atoms with E-state index in [1.807, 2.05) is 6.07 Å². The molecule has 2 rings (SSSR count). The molecule has 1 aromatic rings.